The number of ether oxygens (including phenoxy) is 3. The highest BCUT2D eigenvalue weighted by Crippen LogP contribution is 2.41. The first-order chi connectivity index (χ1) is 21.7. The van der Waals surface area contributed by atoms with Gasteiger partial charge >= 0.3 is 12.1 Å². The van der Waals surface area contributed by atoms with Crippen molar-refractivity contribution >= 4 is 76.0 Å². The Kier molecular flexibility index (Phi) is 10.7. The van der Waals surface area contributed by atoms with Gasteiger partial charge in [0, 0.05) is 23.4 Å². The zero-order valence-corrected chi connectivity index (χ0v) is 26.8. The molecule has 1 aliphatic carbocycles. The van der Waals surface area contributed by atoms with Crippen molar-refractivity contribution in [3.8, 4) is 0 Å². The largest absolute Gasteiger partial charge is 0.511 e. The summed E-state index contributed by atoms with van der Waals surface area (Å²) in [6.07, 6.45) is 5.49. The monoisotopic (exact) mass is 677 g/mol. The maximum absolute atomic E-state index is 13.4. The van der Waals surface area contributed by atoms with E-state index in [9.17, 15) is 19.2 Å². The molecule has 4 heterocycles. The molecule has 3 aliphatic rings. The predicted octanol–water partition coefficient (Wildman–Crippen LogP) is 3.07. The van der Waals surface area contributed by atoms with Gasteiger partial charge in [0.25, 0.3) is 11.8 Å². The number of nitrogens with zero attached hydrogens (tertiary/aromatic N) is 5. The van der Waals surface area contributed by atoms with Gasteiger partial charge in [-0.1, -0.05) is 29.1 Å². The van der Waals surface area contributed by atoms with E-state index >= 15 is 0 Å². The Labute approximate surface area is 270 Å². The SMILES string of the molecule is CC(OC(=O)OC1CCCCC1C)OC(=O)C1=C(/C=C\c2csnn2)CSC2C(NC(=O)/C=N\OCc3csc(N)n3)C(=O)N12. The Morgan fingerprint density at radius 3 is 2.78 bits per heavy atom. The second-order valence-corrected chi connectivity index (χ2v) is 13.0. The van der Waals surface area contributed by atoms with Crippen molar-refractivity contribution in [2.75, 3.05) is 11.5 Å². The first-order valence-corrected chi connectivity index (χ1v) is 16.8. The van der Waals surface area contributed by atoms with Crippen molar-refractivity contribution < 1.29 is 38.2 Å². The number of nitrogens with two attached hydrogens (primary N) is 1. The molecule has 0 aromatic carbocycles. The molecule has 0 spiro atoms. The lowest BCUT2D eigenvalue weighted by atomic mass is 9.88. The number of thiazole rings is 1. The number of rotatable bonds is 11. The quantitative estimate of drug-likeness (QED) is 0.116. The van der Waals surface area contributed by atoms with E-state index in [2.05, 4.69) is 25.0 Å². The summed E-state index contributed by atoms with van der Waals surface area (Å²) in [5, 5.41) is 13.4. The third-order valence-electron chi connectivity index (χ3n) is 7.16. The Balaban J connectivity index is 1.22. The molecule has 2 aromatic rings. The number of carbonyl (C=O) groups excluding carboxylic acids is 4. The number of amides is 2. The van der Waals surface area contributed by atoms with Gasteiger partial charge in [-0.15, -0.1) is 28.2 Å². The number of thioether (sulfide) groups is 1. The van der Waals surface area contributed by atoms with E-state index in [1.54, 1.807) is 22.9 Å². The van der Waals surface area contributed by atoms with E-state index in [4.69, 9.17) is 24.8 Å². The van der Waals surface area contributed by atoms with Gasteiger partial charge in [0.2, 0.25) is 6.29 Å². The number of allylic oxidation sites excluding steroid dienone is 1. The molecule has 18 heteroatoms. The number of nitrogens with one attached hydrogen (secondary N) is 1. The molecule has 1 saturated heterocycles. The van der Waals surface area contributed by atoms with Crippen LogP contribution in [0.2, 0.25) is 0 Å². The summed E-state index contributed by atoms with van der Waals surface area (Å²) < 4.78 is 19.9. The van der Waals surface area contributed by atoms with Crippen LogP contribution in [-0.4, -0.2) is 79.2 Å². The molecular weight excluding hydrogens is 647 g/mol. The Bertz CT molecular complexity index is 1490. The van der Waals surface area contributed by atoms with Gasteiger partial charge in [-0.3, -0.25) is 14.5 Å². The molecule has 0 radical (unpaired) electrons. The van der Waals surface area contributed by atoms with Crippen LogP contribution in [0.3, 0.4) is 0 Å². The summed E-state index contributed by atoms with van der Waals surface area (Å²) in [4.78, 5) is 61.9. The molecule has 45 heavy (non-hydrogen) atoms. The highest BCUT2D eigenvalue weighted by atomic mass is 32.2. The van der Waals surface area contributed by atoms with Crippen LogP contribution in [0.5, 0.6) is 0 Å². The minimum Gasteiger partial charge on any atom is -0.431 e. The van der Waals surface area contributed by atoms with Gasteiger partial charge in [-0.05, 0) is 48.4 Å². The standard InChI is InChI=1S/C27H31N7O8S3/c1-14-5-3-4-6-19(14)42-27(38)41-15(2)40-25(37)22-16(7-8-17-13-45-33-32-17)11-43-24-21(23(36)34(22)24)31-20(35)9-29-39-10-18-12-44-26(28)30-18/h7-9,12-15,19,21,24H,3-6,10-11H2,1-2H3,(H2,28,30)(H,31,35)/b8-7-,29-9-. The average molecular weight is 678 g/mol. The third kappa shape index (κ3) is 8.17. The molecule has 240 valence electrons. The highest BCUT2D eigenvalue weighted by molar-refractivity contribution is 8.00. The lowest BCUT2D eigenvalue weighted by Gasteiger charge is -2.49. The lowest BCUT2D eigenvalue weighted by molar-refractivity contribution is -0.170. The Morgan fingerprint density at radius 2 is 2.04 bits per heavy atom. The molecule has 2 aromatic heterocycles. The van der Waals surface area contributed by atoms with Gasteiger partial charge in [0.05, 0.1) is 11.4 Å². The third-order valence-corrected chi connectivity index (χ3v) is 9.71. The van der Waals surface area contributed by atoms with E-state index in [1.807, 2.05) is 6.92 Å². The molecular formula is C27H31N7O8S3. The predicted molar refractivity (Wildman–Crippen MR) is 165 cm³/mol. The molecule has 5 unspecified atom stereocenters. The smallest absolute Gasteiger partial charge is 0.431 e. The molecule has 0 bridgehead atoms. The summed E-state index contributed by atoms with van der Waals surface area (Å²) in [7, 11) is 0. The van der Waals surface area contributed by atoms with Crippen LogP contribution >= 0.6 is 34.6 Å². The first kappa shape index (κ1) is 32.4. The number of hydrogen-bond acceptors (Lipinski definition) is 16. The number of nitrogen functional groups attached to an aromatic ring is 1. The summed E-state index contributed by atoms with van der Waals surface area (Å²) in [6.45, 7) is 3.43. The molecule has 2 aliphatic heterocycles. The average Bonchev–Trinajstić information content (AvgIpc) is 3.69. The van der Waals surface area contributed by atoms with Crippen molar-refractivity contribution in [2.45, 2.75) is 69.9 Å². The molecule has 2 fully saturated rings. The van der Waals surface area contributed by atoms with Crippen LogP contribution in [-0.2, 0) is 40.0 Å². The van der Waals surface area contributed by atoms with Gasteiger partial charge in [0.1, 0.15) is 29.4 Å². The second-order valence-electron chi connectivity index (χ2n) is 10.4. The fourth-order valence-corrected chi connectivity index (χ4v) is 7.22. The number of fused-ring (bicyclic) bond motifs is 1. The number of aromatic nitrogens is 3. The minimum absolute atomic E-state index is 0.0230. The van der Waals surface area contributed by atoms with Gasteiger partial charge in [0.15, 0.2) is 11.7 Å². The zero-order chi connectivity index (χ0) is 31.9. The molecule has 3 N–H and O–H groups in total. The van der Waals surface area contributed by atoms with Crippen LogP contribution in [0.15, 0.2) is 33.3 Å². The van der Waals surface area contributed by atoms with Crippen molar-refractivity contribution in [3.63, 3.8) is 0 Å². The minimum atomic E-state index is -1.29. The number of anilines is 1. The second kappa shape index (κ2) is 14.8. The van der Waals surface area contributed by atoms with Crippen molar-refractivity contribution in [1.29, 1.82) is 0 Å². The summed E-state index contributed by atoms with van der Waals surface area (Å²) in [5.74, 6) is -1.54. The summed E-state index contributed by atoms with van der Waals surface area (Å²) in [6, 6.07) is -0.926. The van der Waals surface area contributed by atoms with E-state index in [0.29, 0.717) is 27.8 Å². The van der Waals surface area contributed by atoms with Crippen LogP contribution in [0.1, 0.15) is 50.9 Å². The molecule has 1 saturated carbocycles. The first-order valence-electron chi connectivity index (χ1n) is 14.1. The lowest BCUT2D eigenvalue weighted by Crippen LogP contribution is -2.70. The topological polar surface area (TPSA) is 198 Å². The zero-order valence-electron chi connectivity index (χ0n) is 24.3. The van der Waals surface area contributed by atoms with Gasteiger partial charge < -0.3 is 30.1 Å². The van der Waals surface area contributed by atoms with Crippen LogP contribution in [0.25, 0.3) is 6.08 Å². The normalized spacial score (nSPS) is 23.8. The van der Waals surface area contributed by atoms with Crippen LogP contribution in [0, 0.1) is 5.92 Å². The maximum Gasteiger partial charge on any atom is 0.511 e. The Hall–Kier alpha value is -4.03. The molecule has 2 amide bonds. The number of β-lactam (4-membered cyclic amide) rings is 1. The highest BCUT2D eigenvalue weighted by Gasteiger charge is 2.54. The number of oxime groups is 1. The fraction of sp³-hybridized carbons (Fsp3) is 0.481. The van der Waals surface area contributed by atoms with E-state index in [-0.39, 0.29) is 24.3 Å². The van der Waals surface area contributed by atoms with Crippen molar-refractivity contribution in [1.82, 2.24) is 24.8 Å². The number of carbonyl (C=O) groups is 4. The molecule has 5 rings (SSSR count). The fourth-order valence-electron chi connectivity index (χ4n) is 4.93. The van der Waals surface area contributed by atoms with Crippen LogP contribution < -0.4 is 11.1 Å². The summed E-state index contributed by atoms with van der Waals surface area (Å²) >= 11 is 3.77. The maximum atomic E-state index is 13.4. The van der Waals surface area contributed by atoms with Gasteiger partial charge in [-0.2, -0.15) is 0 Å². The number of esters is 1. The van der Waals surface area contributed by atoms with E-state index in [1.165, 1.54) is 46.5 Å². The van der Waals surface area contributed by atoms with E-state index in [0.717, 1.165) is 31.9 Å². The number of hydrogen-bond donors (Lipinski definition) is 2. The van der Waals surface area contributed by atoms with Crippen LogP contribution in [0.4, 0.5) is 9.93 Å². The summed E-state index contributed by atoms with van der Waals surface area (Å²) in [5.41, 5.74) is 7.17. The molecule has 5 atom stereocenters. The van der Waals surface area contributed by atoms with Crippen molar-refractivity contribution in [2.24, 2.45) is 11.1 Å². The van der Waals surface area contributed by atoms with Crippen molar-refractivity contribution in [3.05, 3.63) is 39.5 Å². The molecule has 15 nitrogen and oxygen atoms in total. The Morgan fingerprint density at radius 1 is 1.22 bits per heavy atom. The van der Waals surface area contributed by atoms with E-state index < -0.39 is 41.6 Å². The van der Waals surface area contributed by atoms with Gasteiger partial charge in [-0.25, -0.2) is 14.6 Å².